The highest BCUT2D eigenvalue weighted by atomic mass is 16.5. The summed E-state index contributed by atoms with van der Waals surface area (Å²) in [6, 6.07) is 2.18. The van der Waals surface area contributed by atoms with Crippen molar-refractivity contribution in [3.63, 3.8) is 0 Å². The molecule has 0 amide bonds. The molecule has 1 saturated heterocycles. The number of nitrogens with one attached hydrogen (secondary N) is 1. The third-order valence-corrected chi connectivity index (χ3v) is 2.99. The van der Waals surface area contributed by atoms with E-state index in [1.807, 2.05) is 6.07 Å². The average molecular weight is 222 g/mol. The zero-order chi connectivity index (χ0) is 11.4. The third-order valence-electron chi connectivity index (χ3n) is 2.99. The molecule has 2 rings (SSSR count). The average Bonchev–Trinajstić information content (AvgIpc) is 2.38. The monoisotopic (exact) mass is 222 g/mol. The van der Waals surface area contributed by atoms with Gasteiger partial charge in [0.2, 0.25) is 5.88 Å². The first kappa shape index (κ1) is 11.2. The van der Waals surface area contributed by atoms with Crippen LogP contribution in [-0.4, -0.2) is 25.7 Å². The molecule has 0 aromatic carbocycles. The van der Waals surface area contributed by atoms with Crippen LogP contribution < -0.4 is 14.8 Å². The first-order valence-electron chi connectivity index (χ1n) is 5.67. The van der Waals surface area contributed by atoms with Crippen LogP contribution in [0.4, 0.5) is 0 Å². The van der Waals surface area contributed by atoms with E-state index in [0.29, 0.717) is 11.9 Å². The third kappa shape index (κ3) is 2.11. The van der Waals surface area contributed by atoms with Crippen molar-refractivity contribution in [3.8, 4) is 11.6 Å². The Labute approximate surface area is 96.0 Å². The molecule has 0 saturated carbocycles. The van der Waals surface area contributed by atoms with E-state index in [1.165, 1.54) is 12.8 Å². The lowest BCUT2D eigenvalue weighted by Gasteiger charge is -2.26. The minimum atomic E-state index is 0.298. The van der Waals surface area contributed by atoms with Gasteiger partial charge < -0.3 is 14.8 Å². The van der Waals surface area contributed by atoms with E-state index in [-0.39, 0.29) is 0 Å². The van der Waals surface area contributed by atoms with E-state index < -0.39 is 0 Å². The van der Waals surface area contributed by atoms with Gasteiger partial charge in [-0.3, -0.25) is 0 Å². The van der Waals surface area contributed by atoms with Gasteiger partial charge in [-0.2, -0.15) is 0 Å². The van der Waals surface area contributed by atoms with Crippen molar-refractivity contribution in [1.29, 1.82) is 0 Å². The number of pyridine rings is 1. The molecule has 1 aliphatic rings. The fourth-order valence-electron chi connectivity index (χ4n) is 2.20. The smallest absolute Gasteiger partial charge is 0.221 e. The van der Waals surface area contributed by atoms with Crippen LogP contribution in [0.3, 0.4) is 0 Å². The van der Waals surface area contributed by atoms with Gasteiger partial charge in [-0.1, -0.05) is 6.42 Å². The molecule has 16 heavy (non-hydrogen) atoms. The van der Waals surface area contributed by atoms with Crippen molar-refractivity contribution in [2.75, 3.05) is 20.8 Å². The van der Waals surface area contributed by atoms with Gasteiger partial charge in [0.1, 0.15) is 5.75 Å². The molecule has 2 heterocycles. The van der Waals surface area contributed by atoms with Crippen LogP contribution in [0.15, 0.2) is 12.3 Å². The number of nitrogens with zero attached hydrogens (tertiary/aromatic N) is 1. The second-order valence-corrected chi connectivity index (χ2v) is 3.94. The quantitative estimate of drug-likeness (QED) is 0.848. The van der Waals surface area contributed by atoms with Crippen LogP contribution in [0.25, 0.3) is 0 Å². The highest BCUT2D eigenvalue weighted by molar-refractivity contribution is 5.42. The zero-order valence-corrected chi connectivity index (χ0v) is 9.82. The van der Waals surface area contributed by atoms with Gasteiger partial charge in [0, 0.05) is 12.2 Å². The van der Waals surface area contributed by atoms with Gasteiger partial charge >= 0.3 is 0 Å². The highest BCUT2D eigenvalue weighted by Crippen LogP contribution is 2.35. The van der Waals surface area contributed by atoms with Crippen molar-refractivity contribution in [2.24, 2.45) is 0 Å². The number of ether oxygens (including phenoxy) is 2. The molecular formula is C12H18N2O2. The topological polar surface area (TPSA) is 43.4 Å². The predicted octanol–water partition coefficient (Wildman–Crippen LogP) is 1.91. The van der Waals surface area contributed by atoms with Crippen LogP contribution in [0.2, 0.25) is 0 Å². The maximum atomic E-state index is 5.38. The van der Waals surface area contributed by atoms with Crippen molar-refractivity contribution in [3.05, 3.63) is 17.8 Å². The molecule has 0 bridgehead atoms. The van der Waals surface area contributed by atoms with E-state index in [2.05, 4.69) is 10.3 Å². The summed E-state index contributed by atoms with van der Waals surface area (Å²) in [4.78, 5) is 4.24. The summed E-state index contributed by atoms with van der Waals surface area (Å²) in [5.74, 6) is 1.52. The Bertz CT molecular complexity index is 327. The molecule has 88 valence electrons. The lowest BCUT2D eigenvalue weighted by molar-refractivity contribution is 0.339. The van der Waals surface area contributed by atoms with Gasteiger partial charge in [0.25, 0.3) is 0 Å². The van der Waals surface area contributed by atoms with Crippen molar-refractivity contribution < 1.29 is 9.47 Å². The molecule has 1 N–H and O–H groups in total. The second kappa shape index (κ2) is 5.16. The summed E-state index contributed by atoms with van der Waals surface area (Å²) in [5.41, 5.74) is 1.05. The number of methoxy groups -OCH3 is 2. The molecule has 0 radical (unpaired) electrons. The van der Waals surface area contributed by atoms with E-state index in [4.69, 9.17) is 9.47 Å². The minimum Gasteiger partial charge on any atom is -0.496 e. The van der Waals surface area contributed by atoms with Crippen LogP contribution >= 0.6 is 0 Å². The Morgan fingerprint density at radius 2 is 2.19 bits per heavy atom. The first-order chi connectivity index (χ1) is 7.86. The molecule has 1 aromatic heterocycles. The summed E-state index contributed by atoms with van der Waals surface area (Å²) in [7, 11) is 3.33. The van der Waals surface area contributed by atoms with E-state index in [1.54, 1.807) is 20.4 Å². The minimum absolute atomic E-state index is 0.298. The van der Waals surface area contributed by atoms with Crippen molar-refractivity contribution >= 4 is 0 Å². The van der Waals surface area contributed by atoms with E-state index >= 15 is 0 Å². The predicted molar refractivity (Wildman–Crippen MR) is 61.9 cm³/mol. The van der Waals surface area contributed by atoms with Gasteiger partial charge in [-0.25, -0.2) is 4.98 Å². The Hall–Kier alpha value is -1.29. The Morgan fingerprint density at radius 3 is 2.81 bits per heavy atom. The number of aromatic nitrogens is 1. The number of hydrogen-bond donors (Lipinski definition) is 1. The summed E-state index contributed by atoms with van der Waals surface area (Å²) < 4.78 is 10.7. The molecule has 0 aliphatic carbocycles. The molecule has 1 unspecified atom stereocenters. The van der Waals surface area contributed by atoms with Crippen LogP contribution in [0, 0.1) is 0 Å². The molecule has 1 aliphatic heterocycles. The fourth-order valence-corrected chi connectivity index (χ4v) is 2.20. The maximum absolute atomic E-state index is 5.38. The molecule has 1 atom stereocenters. The van der Waals surface area contributed by atoms with Crippen molar-refractivity contribution in [2.45, 2.75) is 25.3 Å². The first-order valence-corrected chi connectivity index (χ1v) is 5.67. The van der Waals surface area contributed by atoms with Gasteiger partial charge in [-0.15, -0.1) is 0 Å². The fraction of sp³-hybridized carbons (Fsp3) is 0.583. The molecule has 1 fully saturated rings. The lowest BCUT2D eigenvalue weighted by Crippen LogP contribution is -2.27. The summed E-state index contributed by atoms with van der Waals surface area (Å²) >= 11 is 0. The molecular weight excluding hydrogens is 204 g/mol. The van der Waals surface area contributed by atoms with E-state index in [9.17, 15) is 0 Å². The zero-order valence-electron chi connectivity index (χ0n) is 9.82. The standard InChI is InChI=1S/C12H18N2O2/c1-15-10-6-8-14-12(16-2)11(10)9-5-3-4-7-13-9/h6,8-9,13H,3-5,7H2,1-2H3. The normalized spacial score (nSPS) is 20.5. The molecule has 4 heteroatoms. The lowest BCUT2D eigenvalue weighted by atomic mass is 9.97. The van der Waals surface area contributed by atoms with Crippen LogP contribution in [0.5, 0.6) is 11.6 Å². The molecule has 1 aromatic rings. The van der Waals surface area contributed by atoms with Crippen molar-refractivity contribution in [1.82, 2.24) is 10.3 Å². The van der Waals surface area contributed by atoms with Gasteiger partial charge in [-0.05, 0) is 25.5 Å². The SMILES string of the molecule is COc1ccnc(OC)c1C1CCCCN1. The van der Waals surface area contributed by atoms with Crippen LogP contribution in [0.1, 0.15) is 30.9 Å². The number of hydrogen-bond acceptors (Lipinski definition) is 4. The number of piperidine rings is 1. The largest absolute Gasteiger partial charge is 0.496 e. The number of rotatable bonds is 3. The Balaban J connectivity index is 2.34. The summed E-state index contributed by atoms with van der Waals surface area (Å²) in [5, 5.41) is 3.48. The Kier molecular flexibility index (Phi) is 3.62. The van der Waals surface area contributed by atoms with E-state index in [0.717, 1.165) is 24.3 Å². The Morgan fingerprint density at radius 1 is 1.31 bits per heavy atom. The summed E-state index contributed by atoms with van der Waals surface area (Å²) in [6.07, 6.45) is 5.29. The molecule has 0 spiro atoms. The molecule has 4 nitrogen and oxygen atoms in total. The summed E-state index contributed by atoms with van der Waals surface area (Å²) in [6.45, 7) is 1.05. The van der Waals surface area contributed by atoms with Gasteiger partial charge in [0.05, 0.1) is 19.8 Å². The van der Waals surface area contributed by atoms with Crippen LogP contribution in [-0.2, 0) is 0 Å². The van der Waals surface area contributed by atoms with Gasteiger partial charge in [0.15, 0.2) is 0 Å². The maximum Gasteiger partial charge on any atom is 0.221 e. The second-order valence-electron chi connectivity index (χ2n) is 3.94. The highest BCUT2D eigenvalue weighted by Gasteiger charge is 2.23.